The molecule has 0 radical (unpaired) electrons. The predicted octanol–water partition coefficient (Wildman–Crippen LogP) is 6.96. The molecule has 36 heavy (non-hydrogen) atoms. The van der Waals surface area contributed by atoms with Gasteiger partial charge in [0.05, 0.1) is 18.3 Å². The lowest BCUT2D eigenvalue weighted by Crippen LogP contribution is -2.32. The molecule has 1 unspecified atom stereocenters. The lowest BCUT2D eigenvalue weighted by molar-refractivity contribution is 0.0739. The van der Waals surface area contributed by atoms with E-state index in [2.05, 4.69) is 17.2 Å². The Balaban J connectivity index is 1.43. The molecular formula is C29H29ClFN3O2. The van der Waals surface area contributed by atoms with E-state index in [0.29, 0.717) is 23.7 Å². The molecule has 1 N–H and O–H groups in total. The molecule has 1 heterocycles. The summed E-state index contributed by atoms with van der Waals surface area (Å²) in [7, 11) is 1.65. The van der Waals surface area contributed by atoms with Crippen molar-refractivity contribution in [3.8, 4) is 5.75 Å². The van der Waals surface area contributed by atoms with Gasteiger partial charge in [-0.05, 0) is 73.9 Å². The van der Waals surface area contributed by atoms with Crippen LogP contribution < -0.4 is 10.1 Å². The molecule has 186 valence electrons. The number of rotatable bonds is 10. The van der Waals surface area contributed by atoms with Gasteiger partial charge in [-0.25, -0.2) is 4.39 Å². The standard InChI is InChI=1S/C29H29ClFN3O2/c1-20(33-27-18-26(36-2)17-23-6-3-15-32-28(23)27)5-4-16-34(19-21-7-13-25(31)14-8-21)29(35)22-9-11-24(30)12-10-22/h3,6-15,17-18,20,33H,4-5,16,19H2,1-2H3. The number of hydrogen-bond donors (Lipinski definition) is 1. The average Bonchev–Trinajstić information content (AvgIpc) is 2.89. The Kier molecular flexibility index (Phi) is 8.39. The normalized spacial score (nSPS) is 11.8. The van der Waals surface area contributed by atoms with Crippen LogP contribution >= 0.6 is 11.6 Å². The van der Waals surface area contributed by atoms with Crippen molar-refractivity contribution in [3.05, 3.63) is 101 Å². The second kappa shape index (κ2) is 11.9. The Morgan fingerprint density at radius 3 is 2.58 bits per heavy atom. The van der Waals surface area contributed by atoms with E-state index in [4.69, 9.17) is 16.3 Å². The molecule has 1 amide bonds. The number of halogens is 2. The van der Waals surface area contributed by atoms with Gasteiger partial charge < -0.3 is 15.0 Å². The SMILES string of the molecule is COc1cc(NC(C)CCCN(Cc2ccc(F)cc2)C(=O)c2ccc(Cl)cc2)c2ncccc2c1. The molecule has 3 aromatic carbocycles. The smallest absolute Gasteiger partial charge is 0.254 e. The predicted molar refractivity (Wildman–Crippen MR) is 143 cm³/mol. The number of nitrogens with zero attached hydrogens (tertiary/aromatic N) is 2. The van der Waals surface area contributed by atoms with Crippen molar-refractivity contribution < 1.29 is 13.9 Å². The number of hydrogen-bond acceptors (Lipinski definition) is 4. The van der Waals surface area contributed by atoms with Gasteiger partial charge in [-0.15, -0.1) is 0 Å². The lowest BCUT2D eigenvalue weighted by Gasteiger charge is -2.24. The summed E-state index contributed by atoms with van der Waals surface area (Å²) in [6.07, 6.45) is 3.39. The molecule has 0 saturated heterocycles. The summed E-state index contributed by atoms with van der Waals surface area (Å²) in [4.78, 5) is 19.6. The summed E-state index contributed by atoms with van der Waals surface area (Å²) < 4.78 is 18.8. The van der Waals surface area contributed by atoms with Crippen LogP contribution in [0.15, 0.2) is 79.0 Å². The van der Waals surface area contributed by atoms with Gasteiger partial charge in [0.2, 0.25) is 0 Å². The van der Waals surface area contributed by atoms with E-state index in [-0.39, 0.29) is 17.8 Å². The van der Waals surface area contributed by atoms with Gasteiger partial charge in [-0.2, -0.15) is 0 Å². The maximum absolute atomic E-state index is 13.4. The second-order valence-electron chi connectivity index (χ2n) is 8.80. The first kappa shape index (κ1) is 25.5. The fraction of sp³-hybridized carbons (Fsp3) is 0.241. The van der Waals surface area contributed by atoms with Crippen LogP contribution in [0.4, 0.5) is 10.1 Å². The van der Waals surface area contributed by atoms with Crippen molar-refractivity contribution in [2.24, 2.45) is 0 Å². The van der Waals surface area contributed by atoms with Gasteiger partial charge in [0.25, 0.3) is 5.91 Å². The first-order valence-electron chi connectivity index (χ1n) is 11.9. The highest BCUT2D eigenvalue weighted by Crippen LogP contribution is 2.28. The van der Waals surface area contributed by atoms with E-state index < -0.39 is 0 Å². The molecule has 0 aliphatic carbocycles. The van der Waals surface area contributed by atoms with Crippen molar-refractivity contribution in [2.45, 2.75) is 32.4 Å². The second-order valence-corrected chi connectivity index (χ2v) is 9.23. The van der Waals surface area contributed by atoms with Gasteiger partial charge in [0.1, 0.15) is 11.6 Å². The summed E-state index contributed by atoms with van der Waals surface area (Å²) >= 11 is 6.00. The minimum absolute atomic E-state index is 0.0837. The van der Waals surface area contributed by atoms with Crippen LogP contribution in [0.3, 0.4) is 0 Å². The zero-order valence-electron chi connectivity index (χ0n) is 20.4. The van der Waals surface area contributed by atoms with E-state index in [9.17, 15) is 9.18 Å². The van der Waals surface area contributed by atoms with Crippen LogP contribution in [-0.2, 0) is 6.54 Å². The van der Waals surface area contributed by atoms with Crippen molar-refractivity contribution in [1.29, 1.82) is 0 Å². The third kappa shape index (κ3) is 6.52. The molecule has 0 fully saturated rings. The van der Waals surface area contributed by atoms with E-state index in [1.807, 2.05) is 24.3 Å². The summed E-state index contributed by atoms with van der Waals surface area (Å²) in [6, 6.07) is 21.1. The highest BCUT2D eigenvalue weighted by Gasteiger charge is 2.17. The summed E-state index contributed by atoms with van der Waals surface area (Å²) in [5, 5.41) is 5.14. The van der Waals surface area contributed by atoms with Crippen molar-refractivity contribution in [2.75, 3.05) is 19.0 Å². The van der Waals surface area contributed by atoms with Crippen LogP contribution in [0, 0.1) is 5.82 Å². The minimum Gasteiger partial charge on any atom is -0.497 e. The first-order valence-corrected chi connectivity index (χ1v) is 12.3. The Labute approximate surface area is 215 Å². The number of aromatic nitrogens is 1. The Hall–Kier alpha value is -3.64. The Bertz CT molecular complexity index is 1310. The van der Waals surface area contributed by atoms with Gasteiger partial charge in [-0.3, -0.25) is 9.78 Å². The number of pyridine rings is 1. The topological polar surface area (TPSA) is 54.5 Å². The maximum atomic E-state index is 13.4. The van der Waals surface area contributed by atoms with Crippen molar-refractivity contribution in [1.82, 2.24) is 9.88 Å². The highest BCUT2D eigenvalue weighted by atomic mass is 35.5. The summed E-state index contributed by atoms with van der Waals surface area (Å²) in [5.41, 5.74) is 3.25. The first-order chi connectivity index (χ1) is 17.4. The summed E-state index contributed by atoms with van der Waals surface area (Å²) in [5.74, 6) is 0.387. The fourth-order valence-electron chi connectivity index (χ4n) is 4.16. The number of methoxy groups -OCH3 is 1. The zero-order valence-corrected chi connectivity index (χ0v) is 21.1. The van der Waals surface area contributed by atoms with Crippen LogP contribution in [0.2, 0.25) is 5.02 Å². The van der Waals surface area contributed by atoms with E-state index in [1.165, 1.54) is 12.1 Å². The molecular weight excluding hydrogens is 477 g/mol. The molecule has 7 heteroatoms. The molecule has 4 rings (SSSR count). The third-order valence-corrected chi connectivity index (χ3v) is 6.30. The molecule has 0 aliphatic rings. The summed E-state index contributed by atoms with van der Waals surface area (Å²) in [6.45, 7) is 3.07. The highest BCUT2D eigenvalue weighted by molar-refractivity contribution is 6.30. The van der Waals surface area contributed by atoms with Crippen LogP contribution in [0.5, 0.6) is 5.75 Å². The monoisotopic (exact) mass is 505 g/mol. The molecule has 0 bridgehead atoms. The number of ether oxygens (including phenoxy) is 1. The maximum Gasteiger partial charge on any atom is 0.254 e. The van der Waals surface area contributed by atoms with Gasteiger partial charge in [-0.1, -0.05) is 29.8 Å². The number of fused-ring (bicyclic) bond motifs is 1. The Morgan fingerprint density at radius 2 is 1.86 bits per heavy atom. The van der Waals surface area contributed by atoms with E-state index in [0.717, 1.165) is 40.7 Å². The molecule has 0 spiro atoms. The van der Waals surface area contributed by atoms with E-state index >= 15 is 0 Å². The number of nitrogens with one attached hydrogen (secondary N) is 1. The fourth-order valence-corrected chi connectivity index (χ4v) is 4.28. The molecule has 4 aromatic rings. The van der Waals surface area contributed by atoms with Gasteiger partial charge >= 0.3 is 0 Å². The Morgan fingerprint density at radius 1 is 1.11 bits per heavy atom. The molecule has 1 aromatic heterocycles. The number of benzene rings is 3. The van der Waals surface area contributed by atoms with E-state index in [1.54, 1.807) is 54.6 Å². The minimum atomic E-state index is -0.297. The van der Waals surface area contributed by atoms with Gasteiger partial charge in [0.15, 0.2) is 0 Å². The van der Waals surface area contributed by atoms with Crippen molar-refractivity contribution in [3.63, 3.8) is 0 Å². The lowest BCUT2D eigenvalue weighted by atomic mass is 10.1. The number of anilines is 1. The van der Waals surface area contributed by atoms with Crippen molar-refractivity contribution >= 4 is 34.1 Å². The van der Waals surface area contributed by atoms with Crippen LogP contribution in [0.1, 0.15) is 35.7 Å². The quantitative estimate of drug-likeness (QED) is 0.253. The molecule has 0 aliphatic heterocycles. The third-order valence-electron chi connectivity index (χ3n) is 6.05. The zero-order chi connectivity index (χ0) is 25.5. The molecule has 5 nitrogen and oxygen atoms in total. The molecule has 0 saturated carbocycles. The molecule has 1 atom stereocenters. The average molecular weight is 506 g/mol. The van der Waals surface area contributed by atoms with Gasteiger partial charge in [0, 0.05) is 47.4 Å². The van der Waals surface area contributed by atoms with Crippen LogP contribution in [0.25, 0.3) is 10.9 Å². The number of carbonyl (C=O) groups excluding carboxylic acids is 1. The van der Waals surface area contributed by atoms with Crippen LogP contribution in [-0.4, -0.2) is 35.5 Å². The number of amides is 1. The number of carbonyl (C=O) groups is 1. The largest absolute Gasteiger partial charge is 0.497 e.